The second-order valence-corrected chi connectivity index (χ2v) is 4.74. The van der Waals surface area contributed by atoms with Crippen molar-refractivity contribution in [1.82, 2.24) is 0 Å². The molecule has 0 heterocycles. The van der Waals surface area contributed by atoms with Crippen LogP contribution in [0.1, 0.15) is 44.9 Å². The molecule has 0 radical (unpaired) electrons. The number of carboxylic acid groups (broad SMARTS) is 1. The number of rotatable bonds is 7. The van der Waals surface area contributed by atoms with E-state index in [1.165, 1.54) is 0 Å². The van der Waals surface area contributed by atoms with Gasteiger partial charge < -0.3 is 15.3 Å². The Balaban J connectivity index is 2.13. The van der Waals surface area contributed by atoms with Crippen LogP contribution in [0.4, 0.5) is 0 Å². The number of carboxylic acids is 1. The van der Waals surface area contributed by atoms with Crippen LogP contribution in [-0.4, -0.2) is 34.0 Å². The minimum absolute atomic E-state index is 0.164. The first-order valence-corrected chi connectivity index (χ1v) is 6.16. The summed E-state index contributed by atoms with van der Waals surface area (Å²) >= 11 is 0. The van der Waals surface area contributed by atoms with Crippen molar-refractivity contribution in [2.75, 3.05) is 6.61 Å². The van der Waals surface area contributed by atoms with Gasteiger partial charge in [0.05, 0.1) is 6.10 Å². The van der Waals surface area contributed by atoms with Crippen LogP contribution in [0.2, 0.25) is 0 Å². The second kappa shape index (κ2) is 6.86. The standard InChI is InChI=1S/C12H22O4/c13-8-9-6-7-11(14)10(9)4-2-1-3-5-12(15)16/h9-11,13-14H,1-8H2,(H,15,16). The summed E-state index contributed by atoms with van der Waals surface area (Å²) < 4.78 is 0. The zero-order valence-electron chi connectivity index (χ0n) is 9.64. The third kappa shape index (κ3) is 4.10. The van der Waals surface area contributed by atoms with Gasteiger partial charge in [-0.1, -0.05) is 12.8 Å². The van der Waals surface area contributed by atoms with Crippen molar-refractivity contribution in [1.29, 1.82) is 0 Å². The Bertz CT molecular complexity index is 217. The Kier molecular flexibility index (Phi) is 5.77. The van der Waals surface area contributed by atoms with Crippen LogP contribution >= 0.6 is 0 Å². The molecule has 0 aliphatic heterocycles. The summed E-state index contributed by atoms with van der Waals surface area (Å²) in [5.74, 6) is -0.279. The highest BCUT2D eigenvalue weighted by atomic mass is 16.4. The van der Waals surface area contributed by atoms with Crippen LogP contribution < -0.4 is 0 Å². The van der Waals surface area contributed by atoms with Gasteiger partial charge in [-0.2, -0.15) is 0 Å². The summed E-state index contributed by atoms with van der Waals surface area (Å²) in [7, 11) is 0. The molecule has 16 heavy (non-hydrogen) atoms. The lowest BCUT2D eigenvalue weighted by Crippen LogP contribution is -2.21. The van der Waals surface area contributed by atoms with Gasteiger partial charge in [0.2, 0.25) is 0 Å². The molecule has 1 rings (SSSR count). The van der Waals surface area contributed by atoms with Crippen molar-refractivity contribution >= 4 is 5.97 Å². The predicted molar refractivity (Wildman–Crippen MR) is 60.0 cm³/mol. The Hall–Kier alpha value is -0.610. The van der Waals surface area contributed by atoms with E-state index >= 15 is 0 Å². The second-order valence-electron chi connectivity index (χ2n) is 4.74. The predicted octanol–water partition coefficient (Wildman–Crippen LogP) is 1.40. The molecule has 3 unspecified atom stereocenters. The fourth-order valence-corrected chi connectivity index (χ4v) is 2.61. The van der Waals surface area contributed by atoms with E-state index in [-0.39, 0.29) is 31.0 Å². The monoisotopic (exact) mass is 230 g/mol. The smallest absolute Gasteiger partial charge is 0.303 e. The normalized spacial score (nSPS) is 29.5. The number of unbranched alkanes of at least 4 members (excludes halogenated alkanes) is 2. The van der Waals surface area contributed by atoms with Crippen LogP contribution in [0, 0.1) is 11.8 Å². The molecule has 0 spiro atoms. The topological polar surface area (TPSA) is 77.8 Å². The highest BCUT2D eigenvalue weighted by Gasteiger charge is 2.33. The SMILES string of the molecule is O=C(O)CCCCCC1C(O)CCC1CO. The Morgan fingerprint density at radius 1 is 1.19 bits per heavy atom. The van der Waals surface area contributed by atoms with E-state index in [0.717, 1.165) is 32.1 Å². The Labute approximate surface area is 96.3 Å². The summed E-state index contributed by atoms with van der Waals surface area (Å²) in [5.41, 5.74) is 0. The van der Waals surface area contributed by atoms with Crippen molar-refractivity contribution < 1.29 is 20.1 Å². The first-order valence-electron chi connectivity index (χ1n) is 6.16. The molecule has 0 saturated heterocycles. The van der Waals surface area contributed by atoms with Gasteiger partial charge in [-0.3, -0.25) is 4.79 Å². The molecule has 3 N–H and O–H groups in total. The van der Waals surface area contributed by atoms with Gasteiger partial charge in [0.15, 0.2) is 0 Å². The molecule has 1 aliphatic carbocycles. The van der Waals surface area contributed by atoms with Gasteiger partial charge in [-0.05, 0) is 37.5 Å². The van der Waals surface area contributed by atoms with E-state index in [9.17, 15) is 9.90 Å². The molecule has 4 nitrogen and oxygen atoms in total. The third-order valence-electron chi connectivity index (χ3n) is 3.60. The number of aliphatic carboxylic acids is 1. The van der Waals surface area contributed by atoms with Gasteiger partial charge in [-0.15, -0.1) is 0 Å². The highest BCUT2D eigenvalue weighted by molar-refractivity contribution is 5.66. The summed E-state index contributed by atoms with van der Waals surface area (Å²) in [5, 5.41) is 27.3. The molecule has 4 heteroatoms. The van der Waals surface area contributed by atoms with E-state index in [1.807, 2.05) is 0 Å². The molecular formula is C12H22O4. The largest absolute Gasteiger partial charge is 0.481 e. The number of aliphatic hydroxyl groups is 2. The quantitative estimate of drug-likeness (QED) is 0.578. The van der Waals surface area contributed by atoms with Gasteiger partial charge >= 0.3 is 5.97 Å². The summed E-state index contributed by atoms with van der Waals surface area (Å²) in [4.78, 5) is 10.3. The van der Waals surface area contributed by atoms with Crippen molar-refractivity contribution in [3.05, 3.63) is 0 Å². The van der Waals surface area contributed by atoms with Crippen molar-refractivity contribution in [3.8, 4) is 0 Å². The van der Waals surface area contributed by atoms with Gasteiger partial charge in [0.1, 0.15) is 0 Å². The van der Waals surface area contributed by atoms with Crippen molar-refractivity contribution in [2.24, 2.45) is 11.8 Å². The minimum Gasteiger partial charge on any atom is -0.481 e. The van der Waals surface area contributed by atoms with E-state index in [2.05, 4.69) is 0 Å². The lowest BCUT2D eigenvalue weighted by atomic mass is 9.90. The third-order valence-corrected chi connectivity index (χ3v) is 3.60. The molecule has 3 atom stereocenters. The maximum atomic E-state index is 10.3. The fourth-order valence-electron chi connectivity index (χ4n) is 2.61. The molecule has 0 aromatic carbocycles. The van der Waals surface area contributed by atoms with Crippen LogP contribution in [0.5, 0.6) is 0 Å². The molecule has 94 valence electrons. The first kappa shape index (κ1) is 13.5. The van der Waals surface area contributed by atoms with Crippen molar-refractivity contribution in [3.63, 3.8) is 0 Å². The maximum Gasteiger partial charge on any atom is 0.303 e. The number of hydrogen-bond acceptors (Lipinski definition) is 3. The Morgan fingerprint density at radius 2 is 1.94 bits per heavy atom. The molecule has 0 bridgehead atoms. The lowest BCUT2D eigenvalue weighted by Gasteiger charge is -2.20. The van der Waals surface area contributed by atoms with Gasteiger partial charge in [0, 0.05) is 13.0 Å². The zero-order chi connectivity index (χ0) is 12.0. The number of aliphatic hydroxyl groups excluding tert-OH is 2. The molecule has 0 aromatic rings. The van der Waals surface area contributed by atoms with E-state index < -0.39 is 5.97 Å². The van der Waals surface area contributed by atoms with Gasteiger partial charge in [0.25, 0.3) is 0 Å². The summed E-state index contributed by atoms with van der Waals surface area (Å²) in [6.07, 6.45) is 5.14. The first-order chi connectivity index (χ1) is 7.65. The summed E-state index contributed by atoms with van der Waals surface area (Å²) in [6.45, 7) is 0.164. The lowest BCUT2D eigenvalue weighted by molar-refractivity contribution is -0.137. The number of hydrogen-bond donors (Lipinski definition) is 3. The van der Waals surface area contributed by atoms with Gasteiger partial charge in [-0.25, -0.2) is 0 Å². The van der Waals surface area contributed by atoms with Crippen LogP contribution in [0.25, 0.3) is 0 Å². The van der Waals surface area contributed by atoms with E-state index in [0.29, 0.717) is 6.42 Å². The zero-order valence-corrected chi connectivity index (χ0v) is 9.64. The van der Waals surface area contributed by atoms with Crippen molar-refractivity contribution in [2.45, 2.75) is 51.0 Å². The van der Waals surface area contributed by atoms with Crippen LogP contribution in [0.3, 0.4) is 0 Å². The molecule has 1 fully saturated rings. The minimum atomic E-state index is -0.742. The average molecular weight is 230 g/mol. The average Bonchev–Trinajstić information content (AvgIpc) is 2.59. The molecule has 0 aromatic heterocycles. The summed E-state index contributed by atoms with van der Waals surface area (Å²) in [6, 6.07) is 0. The fraction of sp³-hybridized carbons (Fsp3) is 0.917. The van der Waals surface area contributed by atoms with Crippen LogP contribution in [0.15, 0.2) is 0 Å². The highest BCUT2D eigenvalue weighted by Crippen LogP contribution is 2.35. The van der Waals surface area contributed by atoms with Crippen LogP contribution in [-0.2, 0) is 4.79 Å². The number of carbonyl (C=O) groups is 1. The molecular weight excluding hydrogens is 208 g/mol. The maximum absolute atomic E-state index is 10.3. The molecule has 1 saturated carbocycles. The Morgan fingerprint density at radius 3 is 2.56 bits per heavy atom. The molecule has 0 amide bonds. The van der Waals surface area contributed by atoms with E-state index in [1.54, 1.807) is 0 Å². The molecule has 1 aliphatic rings. The van der Waals surface area contributed by atoms with E-state index in [4.69, 9.17) is 10.2 Å².